The molecule has 0 radical (unpaired) electrons. The minimum atomic E-state index is -0.249. The number of oxazole rings is 1. The molecule has 1 amide bonds. The van der Waals surface area contributed by atoms with E-state index < -0.39 is 0 Å². The van der Waals surface area contributed by atoms with E-state index in [0.717, 1.165) is 37.1 Å². The molecule has 0 saturated carbocycles. The topological polar surface area (TPSA) is 49.6 Å². The molecule has 1 aliphatic heterocycles. The number of aromatic nitrogens is 1. The van der Waals surface area contributed by atoms with E-state index in [-0.39, 0.29) is 11.7 Å². The van der Waals surface area contributed by atoms with E-state index in [4.69, 9.17) is 4.42 Å². The van der Waals surface area contributed by atoms with Gasteiger partial charge >= 0.3 is 0 Å². The van der Waals surface area contributed by atoms with Crippen molar-refractivity contribution in [3.8, 4) is 0 Å². The number of carbonyl (C=O) groups is 1. The smallest absolute Gasteiger partial charge is 0.275 e. The Morgan fingerprint density at radius 2 is 1.62 bits per heavy atom. The van der Waals surface area contributed by atoms with Crippen LogP contribution in [0.3, 0.4) is 0 Å². The molecule has 2 heterocycles. The minimum Gasteiger partial charge on any atom is -0.447 e. The largest absolute Gasteiger partial charge is 0.447 e. The zero-order valence-corrected chi connectivity index (χ0v) is 16.3. The van der Waals surface area contributed by atoms with Crippen LogP contribution in [-0.4, -0.2) is 33.8 Å². The summed E-state index contributed by atoms with van der Waals surface area (Å²) in [6, 6.07) is 16.6. The Hall–Kier alpha value is -2.99. The Bertz CT molecular complexity index is 934. The molecule has 1 aliphatic rings. The Labute approximate surface area is 169 Å². The van der Waals surface area contributed by atoms with Gasteiger partial charge in [0, 0.05) is 26.2 Å². The van der Waals surface area contributed by atoms with Crippen molar-refractivity contribution < 1.29 is 13.6 Å². The van der Waals surface area contributed by atoms with Gasteiger partial charge in [0.1, 0.15) is 12.1 Å². The van der Waals surface area contributed by atoms with Gasteiger partial charge in [-0.2, -0.15) is 0 Å². The second kappa shape index (κ2) is 9.01. The van der Waals surface area contributed by atoms with Crippen molar-refractivity contribution in [1.82, 2.24) is 14.8 Å². The van der Waals surface area contributed by atoms with Gasteiger partial charge in [-0.05, 0) is 36.1 Å². The summed E-state index contributed by atoms with van der Waals surface area (Å²) in [7, 11) is 0. The van der Waals surface area contributed by atoms with E-state index in [1.807, 2.05) is 23.1 Å². The quantitative estimate of drug-likeness (QED) is 0.602. The van der Waals surface area contributed by atoms with Crippen molar-refractivity contribution >= 4 is 5.91 Å². The number of carbonyl (C=O) groups excluding carboxylic acids is 1. The number of nitrogens with zero attached hydrogens (tertiary/aromatic N) is 3. The van der Waals surface area contributed by atoms with Gasteiger partial charge in [-0.25, -0.2) is 9.37 Å². The summed E-state index contributed by atoms with van der Waals surface area (Å²) < 4.78 is 18.9. The van der Waals surface area contributed by atoms with Crippen LogP contribution in [0.25, 0.3) is 0 Å². The van der Waals surface area contributed by atoms with Crippen LogP contribution in [-0.2, 0) is 19.6 Å². The van der Waals surface area contributed by atoms with Gasteiger partial charge in [0.15, 0.2) is 5.69 Å². The van der Waals surface area contributed by atoms with Crippen molar-refractivity contribution in [1.29, 1.82) is 0 Å². The zero-order chi connectivity index (χ0) is 20.1. The van der Waals surface area contributed by atoms with Gasteiger partial charge in [0.2, 0.25) is 5.89 Å². The summed E-state index contributed by atoms with van der Waals surface area (Å²) in [5.41, 5.74) is 2.53. The zero-order valence-electron chi connectivity index (χ0n) is 16.3. The lowest BCUT2D eigenvalue weighted by Crippen LogP contribution is -2.28. The molecule has 0 spiro atoms. The number of likely N-dealkylation sites (tertiary alicyclic amines) is 1. The summed E-state index contributed by atoms with van der Waals surface area (Å²) in [6.07, 6.45) is 3.53. The second-order valence-corrected chi connectivity index (χ2v) is 7.38. The normalized spacial score (nSPS) is 13.9. The second-order valence-electron chi connectivity index (χ2n) is 7.38. The minimum absolute atomic E-state index is 0.0642. The fourth-order valence-electron chi connectivity index (χ4n) is 3.61. The van der Waals surface area contributed by atoms with Crippen molar-refractivity contribution in [2.75, 3.05) is 13.1 Å². The van der Waals surface area contributed by atoms with Crippen molar-refractivity contribution in [3.63, 3.8) is 0 Å². The van der Waals surface area contributed by atoms with Crippen LogP contribution in [0.15, 0.2) is 65.3 Å². The van der Waals surface area contributed by atoms with Gasteiger partial charge in [-0.1, -0.05) is 42.5 Å². The summed E-state index contributed by atoms with van der Waals surface area (Å²) >= 11 is 0. The first-order chi connectivity index (χ1) is 14.2. The van der Waals surface area contributed by atoms with Crippen LogP contribution in [0.1, 0.15) is 40.3 Å². The van der Waals surface area contributed by atoms with Crippen LogP contribution in [0.4, 0.5) is 4.39 Å². The van der Waals surface area contributed by atoms with Gasteiger partial charge in [-0.3, -0.25) is 9.69 Å². The Morgan fingerprint density at radius 3 is 2.31 bits per heavy atom. The van der Waals surface area contributed by atoms with Crippen molar-refractivity contribution in [2.24, 2.45) is 0 Å². The van der Waals surface area contributed by atoms with Crippen LogP contribution in [0, 0.1) is 5.82 Å². The highest BCUT2D eigenvalue weighted by Gasteiger charge is 2.23. The number of halogens is 1. The van der Waals surface area contributed by atoms with Crippen LogP contribution < -0.4 is 0 Å². The number of benzene rings is 2. The highest BCUT2D eigenvalue weighted by atomic mass is 19.1. The lowest BCUT2D eigenvalue weighted by atomic mass is 10.1. The maximum atomic E-state index is 13.2. The molecule has 0 unspecified atom stereocenters. The third-order valence-corrected chi connectivity index (χ3v) is 5.09. The number of rotatable bonds is 7. The number of hydrogen-bond acceptors (Lipinski definition) is 4. The van der Waals surface area contributed by atoms with E-state index in [9.17, 15) is 9.18 Å². The molecule has 5 nitrogen and oxygen atoms in total. The molecule has 0 aliphatic carbocycles. The van der Waals surface area contributed by atoms with Crippen LogP contribution >= 0.6 is 0 Å². The maximum Gasteiger partial charge on any atom is 0.275 e. The molecule has 6 heteroatoms. The standard InChI is InChI=1S/C23H24FN3O2/c24-20-10-8-19(9-11-20)15-26(14-18-6-2-1-3-7-18)16-22-25-21(17-29-22)23(28)27-12-4-5-13-27/h1-3,6-11,17H,4-5,12-16H2. The summed E-state index contributed by atoms with van der Waals surface area (Å²) in [5.74, 6) is 0.192. The highest BCUT2D eigenvalue weighted by Crippen LogP contribution is 2.17. The summed E-state index contributed by atoms with van der Waals surface area (Å²) in [6.45, 7) is 3.33. The van der Waals surface area contributed by atoms with Gasteiger partial charge in [-0.15, -0.1) is 0 Å². The van der Waals surface area contributed by atoms with Gasteiger partial charge in [0.25, 0.3) is 5.91 Å². The first-order valence-electron chi connectivity index (χ1n) is 9.92. The summed E-state index contributed by atoms with van der Waals surface area (Å²) in [4.78, 5) is 20.9. The molecular formula is C23H24FN3O2. The molecule has 1 fully saturated rings. The molecule has 3 aromatic rings. The van der Waals surface area contributed by atoms with Crippen LogP contribution in [0.5, 0.6) is 0 Å². The molecule has 4 rings (SSSR count). The monoisotopic (exact) mass is 393 g/mol. The lowest BCUT2D eigenvalue weighted by Gasteiger charge is -2.21. The first kappa shape index (κ1) is 19.3. The Kier molecular flexibility index (Phi) is 6.00. The Morgan fingerprint density at radius 1 is 0.966 bits per heavy atom. The molecule has 1 aromatic heterocycles. The molecular weight excluding hydrogens is 369 g/mol. The lowest BCUT2D eigenvalue weighted by molar-refractivity contribution is 0.0787. The van der Waals surface area contributed by atoms with E-state index in [2.05, 4.69) is 22.0 Å². The van der Waals surface area contributed by atoms with Crippen molar-refractivity contribution in [2.45, 2.75) is 32.5 Å². The Balaban J connectivity index is 1.48. The van der Waals surface area contributed by atoms with E-state index >= 15 is 0 Å². The third kappa shape index (κ3) is 5.09. The van der Waals surface area contributed by atoms with E-state index in [1.165, 1.54) is 18.4 Å². The van der Waals surface area contributed by atoms with Crippen LogP contribution in [0.2, 0.25) is 0 Å². The molecule has 0 bridgehead atoms. The SMILES string of the molecule is O=C(c1coc(CN(Cc2ccccc2)Cc2ccc(F)cc2)n1)N1CCCC1. The highest BCUT2D eigenvalue weighted by molar-refractivity contribution is 5.92. The average molecular weight is 393 g/mol. The molecule has 0 atom stereocenters. The van der Waals surface area contributed by atoms with Crippen molar-refractivity contribution in [3.05, 3.63) is 89.4 Å². The fraction of sp³-hybridized carbons (Fsp3) is 0.304. The maximum absolute atomic E-state index is 13.2. The number of amides is 1. The van der Waals surface area contributed by atoms with E-state index in [0.29, 0.717) is 31.2 Å². The predicted octanol–water partition coefficient (Wildman–Crippen LogP) is 4.25. The van der Waals surface area contributed by atoms with E-state index in [1.54, 1.807) is 12.1 Å². The van der Waals surface area contributed by atoms with Gasteiger partial charge < -0.3 is 9.32 Å². The van der Waals surface area contributed by atoms with Gasteiger partial charge in [0.05, 0.1) is 6.54 Å². The predicted molar refractivity (Wildman–Crippen MR) is 107 cm³/mol. The number of hydrogen-bond donors (Lipinski definition) is 0. The first-order valence-corrected chi connectivity index (χ1v) is 9.92. The molecule has 2 aromatic carbocycles. The average Bonchev–Trinajstić information content (AvgIpc) is 3.42. The molecule has 1 saturated heterocycles. The fourth-order valence-corrected chi connectivity index (χ4v) is 3.61. The molecule has 150 valence electrons. The summed E-state index contributed by atoms with van der Waals surface area (Å²) in [5, 5.41) is 0. The molecule has 29 heavy (non-hydrogen) atoms. The third-order valence-electron chi connectivity index (χ3n) is 5.09. The molecule has 0 N–H and O–H groups in total.